The van der Waals surface area contributed by atoms with E-state index in [1.165, 1.54) is 0 Å². The van der Waals surface area contributed by atoms with Gasteiger partial charge < -0.3 is 9.47 Å². The maximum Gasteiger partial charge on any atom is 0.321 e. The van der Waals surface area contributed by atoms with Gasteiger partial charge in [0.05, 0.1) is 19.1 Å². The number of esters is 2. The van der Waals surface area contributed by atoms with Gasteiger partial charge in [-0.05, 0) is 25.7 Å². The molecule has 1 aromatic carbocycles. The fourth-order valence-electron chi connectivity index (χ4n) is 2.08. The Bertz CT molecular complexity index is 497. The van der Waals surface area contributed by atoms with Crippen LogP contribution in [0.3, 0.4) is 0 Å². The first-order chi connectivity index (χ1) is 10.6. The van der Waals surface area contributed by atoms with Gasteiger partial charge in [-0.3, -0.25) is 14.4 Å². The molecule has 1 aromatic rings. The quantitative estimate of drug-likeness (QED) is 0.566. The first-order valence-electron chi connectivity index (χ1n) is 7.02. The second-order valence-corrected chi connectivity index (χ2v) is 5.20. The Morgan fingerprint density at radius 3 is 1.91 bits per heavy atom. The summed E-state index contributed by atoms with van der Waals surface area (Å²) in [5.74, 6) is -3.69. The molecule has 0 aromatic heterocycles. The van der Waals surface area contributed by atoms with Crippen LogP contribution in [0.25, 0.3) is 0 Å². The van der Waals surface area contributed by atoms with Gasteiger partial charge in [0.1, 0.15) is 0 Å². The van der Waals surface area contributed by atoms with Crippen molar-refractivity contribution in [3.63, 3.8) is 0 Å². The Balaban J connectivity index is 3.26. The largest absolute Gasteiger partial charge is 0.465 e. The monoisotopic (exact) mass is 324 g/mol. The van der Waals surface area contributed by atoms with Gasteiger partial charge in [0.25, 0.3) is 0 Å². The van der Waals surface area contributed by atoms with Crippen molar-refractivity contribution in [2.24, 2.45) is 5.92 Å². The highest BCUT2D eigenvalue weighted by Crippen LogP contribution is 2.31. The number of benzene rings is 1. The van der Waals surface area contributed by atoms with E-state index in [0.29, 0.717) is 5.56 Å². The molecule has 22 heavy (non-hydrogen) atoms. The van der Waals surface area contributed by atoms with E-state index in [2.05, 4.69) is 0 Å². The molecule has 5 nitrogen and oxygen atoms in total. The zero-order valence-corrected chi connectivity index (χ0v) is 13.7. The SMILES string of the molecule is CCOC(=O)C(C(=O)OCC)C(C(=O)SC)c1ccccc1. The van der Waals surface area contributed by atoms with E-state index in [4.69, 9.17) is 9.47 Å². The van der Waals surface area contributed by atoms with Crippen molar-refractivity contribution in [2.75, 3.05) is 19.5 Å². The van der Waals surface area contributed by atoms with E-state index >= 15 is 0 Å². The van der Waals surface area contributed by atoms with E-state index in [9.17, 15) is 14.4 Å². The number of carbonyl (C=O) groups is 3. The molecule has 6 heteroatoms. The second-order valence-electron chi connectivity index (χ2n) is 4.39. The third kappa shape index (κ3) is 4.59. The molecule has 0 radical (unpaired) electrons. The summed E-state index contributed by atoms with van der Waals surface area (Å²) in [6.45, 7) is 3.55. The number of carbonyl (C=O) groups excluding carboxylic acids is 3. The Hall–Kier alpha value is -1.82. The lowest BCUT2D eigenvalue weighted by atomic mass is 9.87. The summed E-state index contributed by atoms with van der Waals surface area (Å²) in [6, 6.07) is 8.73. The molecule has 0 aliphatic heterocycles. The van der Waals surface area contributed by atoms with Crippen LogP contribution in [0.15, 0.2) is 30.3 Å². The summed E-state index contributed by atoms with van der Waals surface area (Å²) in [4.78, 5) is 36.7. The van der Waals surface area contributed by atoms with E-state index < -0.39 is 23.8 Å². The molecule has 0 spiro atoms. The topological polar surface area (TPSA) is 69.7 Å². The second kappa shape index (κ2) is 9.25. The van der Waals surface area contributed by atoms with Crippen LogP contribution in [0.4, 0.5) is 0 Å². The van der Waals surface area contributed by atoms with Crippen molar-refractivity contribution in [1.82, 2.24) is 0 Å². The standard InChI is InChI=1S/C16H20O5S/c1-4-20-14(17)13(15(18)21-5-2)12(16(19)22-3)11-9-7-6-8-10-11/h6-10,12-13H,4-5H2,1-3H3. The molecule has 0 saturated heterocycles. The van der Waals surface area contributed by atoms with Gasteiger partial charge in [-0.25, -0.2) is 0 Å². The van der Waals surface area contributed by atoms with Crippen LogP contribution in [0.1, 0.15) is 25.3 Å². The van der Waals surface area contributed by atoms with Crippen LogP contribution in [0.2, 0.25) is 0 Å². The number of hydrogen-bond acceptors (Lipinski definition) is 6. The van der Waals surface area contributed by atoms with Crippen molar-refractivity contribution in [1.29, 1.82) is 0 Å². The molecule has 0 saturated carbocycles. The van der Waals surface area contributed by atoms with Crippen molar-refractivity contribution in [3.05, 3.63) is 35.9 Å². The molecule has 0 heterocycles. The molecule has 1 unspecified atom stereocenters. The minimum Gasteiger partial charge on any atom is -0.465 e. The van der Waals surface area contributed by atoms with Gasteiger partial charge in [0.2, 0.25) is 0 Å². The van der Waals surface area contributed by atoms with Crippen molar-refractivity contribution in [3.8, 4) is 0 Å². The molecule has 0 aliphatic carbocycles. The highest BCUT2D eigenvalue weighted by Gasteiger charge is 2.42. The van der Waals surface area contributed by atoms with Crippen LogP contribution in [-0.4, -0.2) is 36.5 Å². The minimum atomic E-state index is -1.29. The van der Waals surface area contributed by atoms with Gasteiger partial charge >= 0.3 is 11.9 Å². The molecule has 0 fully saturated rings. The van der Waals surface area contributed by atoms with Gasteiger partial charge in [-0.15, -0.1) is 0 Å². The highest BCUT2D eigenvalue weighted by molar-refractivity contribution is 8.13. The number of hydrogen-bond donors (Lipinski definition) is 0. The van der Waals surface area contributed by atoms with E-state index in [1.807, 2.05) is 0 Å². The summed E-state index contributed by atoms with van der Waals surface area (Å²) in [6.07, 6.45) is 1.62. The Kier molecular flexibility index (Phi) is 7.66. The molecule has 0 N–H and O–H groups in total. The van der Waals surface area contributed by atoms with Crippen molar-refractivity contribution in [2.45, 2.75) is 19.8 Å². The molecular formula is C16H20O5S. The van der Waals surface area contributed by atoms with Gasteiger partial charge in [-0.2, -0.15) is 0 Å². The maximum atomic E-state index is 12.3. The van der Waals surface area contributed by atoms with Crippen LogP contribution >= 0.6 is 11.8 Å². The number of thioether (sulfide) groups is 1. The molecule has 1 rings (SSSR count). The summed E-state index contributed by atoms with van der Waals surface area (Å²) in [5.41, 5.74) is 0.591. The maximum absolute atomic E-state index is 12.3. The molecule has 120 valence electrons. The van der Waals surface area contributed by atoms with Gasteiger partial charge in [0, 0.05) is 0 Å². The first-order valence-corrected chi connectivity index (χ1v) is 8.25. The number of ether oxygens (including phenoxy) is 2. The zero-order valence-electron chi connectivity index (χ0n) is 12.9. The molecule has 0 aliphatic rings. The Labute approximate surface area is 134 Å². The highest BCUT2D eigenvalue weighted by atomic mass is 32.2. The predicted octanol–water partition coefficient (Wildman–Crippen LogP) is 2.40. The third-order valence-corrected chi connectivity index (χ3v) is 3.68. The fourth-order valence-corrected chi connectivity index (χ4v) is 2.61. The molecule has 0 amide bonds. The van der Waals surface area contributed by atoms with Crippen LogP contribution in [-0.2, 0) is 23.9 Å². The lowest BCUT2D eigenvalue weighted by Gasteiger charge is -2.22. The third-order valence-electron chi connectivity index (χ3n) is 3.03. The summed E-state index contributed by atoms with van der Waals surface area (Å²) < 4.78 is 9.93. The van der Waals surface area contributed by atoms with Gasteiger partial charge in [0.15, 0.2) is 11.0 Å². The van der Waals surface area contributed by atoms with Crippen LogP contribution in [0, 0.1) is 5.92 Å². The summed E-state index contributed by atoms with van der Waals surface area (Å²) in [7, 11) is 0. The molecule has 0 bridgehead atoms. The molecular weight excluding hydrogens is 304 g/mol. The fraction of sp³-hybridized carbons (Fsp3) is 0.438. The summed E-state index contributed by atoms with van der Waals surface area (Å²) >= 11 is 0.973. The lowest BCUT2D eigenvalue weighted by Crippen LogP contribution is -2.36. The van der Waals surface area contributed by atoms with Crippen molar-refractivity contribution >= 4 is 28.8 Å². The smallest absolute Gasteiger partial charge is 0.321 e. The van der Waals surface area contributed by atoms with Gasteiger partial charge in [-0.1, -0.05) is 42.1 Å². The normalized spacial score (nSPS) is 11.8. The van der Waals surface area contributed by atoms with E-state index in [-0.39, 0.29) is 18.3 Å². The average Bonchev–Trinajstić information content (AvgIpc) is 2.52. The average molecular weight is 324 g/mol. The minimum absolute atomic E-state index is 0.129. The van der Waals surface area contributed by atoms with E-state index in [0.717, 1.165) is 11.8 Å². The summed E-state index contributed by atoms with van der Waals surface area (Å²) in [5, 5.41) is -0.280. The first kappa shape index (κ1) is 18.2. The Morgan fingerprint density at radius 1 is 1.00 bits per heavy atom. The van der Waals surface area contributed by atoms with Crippen LogP contribution in [0.5, 0.6) is 0 Å². The Morgan fingerprint density at radius 2 is 1.50 bits per heavy atom. The van der Waals surface area contributed by atoms with Crippen LogP contribution < -0.4 is 0 Å². The number of rotatable bonds is 7. The predicted molar refractivity (Wildman–Crippen MR) is 84.5 cm³/mol. The van der Waals surface area contributed by atoms with Crippen molar-refractivity contribution < 1.29 is 23.9 Å². The zero-order chi connectivity index (χ0) is 16.5. The molecule has 1 atom stereocenters. The van der Waals surface area contributed by atoms with E-state index in [1.54, 1.807) is 50.4 Å². The lowest BCUT2D eigenvalue weighted by molar-refractivity contribution is -0.163.